The summed E-state index contributed by atoms with van der Waals surface area (Å²) in [5.41, 5.74) is -0.964. The molecule has 0 saturated heterocycles. The molecule has 0 heterocycles. The smallest absolute Gasteiger partial charge is 0.252 e. The fourth-order valence-corrected chi connectivity index (χ4v) is 7.58. The van der Waals surface area contributed by atoms with Crippen molar-refractivity contribution in [3.8, 4) is 0 Å². The highest BCUT2D eigenvalue weighted by molar-refractivity contribution is 6.01. The Hall–Kier alpha value is -1.46. The van der Waals surface area contributed by atoms with Crippen molar-refractivity contribution in [2.75, 3.05) is 7.05 Å². The summed E-state index contributed by atoms with van der Waals surface area (Å²) < 4.78 is 0. The van der Waals surface area contributed by atoms with Crippen LogP contribution < -0.4 is 5.32 Å². The second-order valence-electron chi connectivity index (χ2n) is 9.34. The van der Waals surface area contributed by atoms with Crippen LogP contribution in [0.4, 0.5) is 0 Å². The fraction of sp³-hybridized carbons (Fsp3) is 0.714. The van der Waals surface area contributed by atoms with Gasteiger partial charge in [0.1, 0.15) is 5.60 Å². The number of carbonyl (C=O) groups is 2. The number of nitrogens with one attached hydrogen (secondary N) is 1. The van der Waals surface area contributed by atoms with Crippen LogP contribution in [0.15, 0.2) is 23.8 Å². The van der Waals surface area contributed by atoms with Crippen molar-refractivity contribution in [2.24, 2.45) is 34.5 Å². The summed E-state index contributed by atoms with van der Waals surface area (Å²) in [6, 6.07) is 0. The van der Waals surface area contributed by atoms with Gasteiger partial charge in [-0.15, -0.1) is 0 Å². The van der Waals surface area contributed by atoms with Crippen molar-refractivity contribution in [3.63, 3.8) is 0 Å². The zero-order valence-electron chi connectivity index (χ0n) is 15.4. The molecule has 26 heavy (non-hydrogen) atoms. The first-order valence-electron chi connectivity index (χ1n) is 9.86. The van der Waals surface area contributed by atoms with E-state index in [-0.39, 0.29) is 40.8 Å². The van der Waals surface area contributed by atoms with Crippen LogP contribution in [0.25, 0.3) is 0 Å². The summed E-state index contributed by atoms with van der Waals surface area (Å²) in [7, 11) is 1.58. The van der Waals surface area contributed by atoms with E-state index in [1.807, 2.05) is 6.08 Å². The Kier molecular flexibility index (Phi) is 3.13. The molecule has 4 saturated carbocycles. The highest BCUT2D eigenvalue weighted by Crippen LogP contribution is 2.79. The van der Waals surface area contributed by atoms with E-state index < -0.39 is 17.1 Å². The molecule has 4 fully saturated rings. The number of allylic oxidation sites excluding steroid dienone is 4. The van der Waals surface area contributed by atoms with E-state index in [1.54, 1.807) is 19.2 Å². The molecule has 5 aliphatic rings. The van der Waals surface area contributed by atoms with Crippen molar-refractivity contribution in [1.82, 2.24) is 5.32 Å². The molecule has 0 aromatic carbocycles. The number of ketones is 1. The number of amides is 1. The molecule has 5 heteroatoms. The number of carbonyl (C=O) groups excluding carboxylic acids is 2. The molecule has 3 N–H and O–H groups in total. The molecule has 0 aliphatic heterocycles. The Labute approximate surface area is 153 Å². The Balaban J connectivity index is 1.57. The van der Waals surface area contributed by atoms with Crippen LogP contribution in [0, 0.1) is 34.5 Å². The van der Waals surface area contributed by atoms with E-state index in [1.165, 1.54) is 0 Å². The molecule has 0 aromatic heterocycles. The SMILES string of the molecule is CNC(=O)[C@@]1(O)CC[C@H]2[C@@H]3CCC4=CC(=O)C=C[C@]4(C)[C@H]3[C@@H](O)C3C[C@]321. The third kappa shape index (κ3) is 1.65. The number of aliphatic hydroxyl groups is 2. The highest BCUT2D eigenvalue weighted by Gasteiger charge is 2.81. The maximum absolute atomic E-state index is 12.5. The first kappa shape index (κ1) is 16.7. The molecule has 0 bridgehead atoms. The first-order valence-corrected chi connectivity index (χ1v) is 9.86. The summed E-state index contributed by atoms with van der Waals surface area (Å²) in [4.78, 5) is 24.4. The second kappa shape index (κ2) is 4.87. The van der Waals surface area contributed by atoms with E-state index in [9.17, 15) is 19.8 Å². The van der Waals surface area contributed by atoms with Gasteiger partial charge in [0.25, 0.3) is 5.91 Å². The summed E-state index contributed by atoms with van der Waals surface area (Å²) in [6.45, 7) is 2.15. The largest absolute Gasteiger partial charge is 0.392 e. The number of hydrogen-bond donors (Lipinski definition) is 3. The van der Waals surface area contributed by atoms with Gasteiger partial charge in [-0.2, -0.15) is 0 Å². The molecule has 1 unspecified atom stereocenters. The second-order valence-corrected chi connectivity index (χ2v) is 9.34. The third-order valence-corrected chi connectivity index (χ3v) is 8.71. The van der Waals surface area contributed by atoms with Gasteiger partial charge in [-0.1, -0.05) is 18.6 Å². The van der Waals surface area contributed by atoms with Gasteiger partial charge < -0.3 is 15.5 Å². The maximum atomic E-state index is 12.5. The van der Waals surface area contributed by atoms with Crippen LogP contribution in [0.2, 0.25) is 0 Å². The lowest BCUT2D eigenvalue weighted by molar-refractivity contribution is -0.157. The molecule has 5 aliphatic carbocycles. The van der Waals surface area contributed by atoms with Crippen LogP contribution in [-0.2, 0) is 9.59 Å². The third-order valence-electron chi connectivity index (χ3n) is 8.71. The standard InChI is InChI=1S/C21H27NO4/c1-19-7-5-12(23)9-11(19)3-4-13-14-6-8-21(26,18(25)22-2)20(14)10-15(20)17(24)16(13)19/h5,7,9,13-17,24,26H,3-4,6,8,10H2,1-2H3,(H,22,25)/t13-,14-,15?,16+,17-,19-,20+,21-/m0/s1. The van der Waals surface area contributed by atoms with Gasteiger partial charge >= 0.3 is 0 Å². The highest BCUT2D eigenvalue weighted by atomic mass is 16.3. The van der Waals surface area contributed by atoms with Gasteiger partial charge in [0.05, 0.1) is 6.10 Å². The Morgan fingerprint density at radius 1 is 1.31 bits per heavy atom. The summed E-state index contributed by atoms with van der Waals surface area (Å²) in [5.74, 6) is 0.330. The molecule has 5 nitrogen and oxygen atoms in total. The normalized spacial score (nSPS) is 53.8. The van der Waals surface area contributed by atoms with Gasteiger partial charge in [-0.3, -0.25) is 9.59 Å². The number of aliphatic hydroxyl groups excluding tert-OH is 1. The van der Waals surface area contributed by atoms with Crippen LogP contribution in [0.5, 0.6) is 0 Å². The van der Waals surface area contributed by atoms with Crippen molar-refractivity contribution < 1.29 is 19.8 Å². The molecule has 1 amide bonds. The Morgan fingerprint density at radius 2 is 2.08 bits per heavy atom. The van der Waals surface area contributed by atoms with E-state index in [2.05, 4.69) is 12.2 Å². The predicted molar refractivity (Wildman–Crippen MR) is 94.8 cm³/mol. The van der Waals surface area contributed by atoms with Gasteiger partial charge in [0.15, 0.2) is 5.78 Å². The maximum Gasteiger partial charge on any atom is 0.252 e. The van der Waals surface area contributed by atoms with E-state index in [0.29, 0.717) is 6.42 Å². The minimum Gasteiger partial charge on any atom is -0.392 e. The quantitative estimate of drug-likeness (QED) is 0.661. The summed E-state index contributed by atoms with van der Waals surface area (Å²) in [5, 5.41) is 25.3. The van der Waals surface area contributed by atoms with Gasteiger partial charge in [0, 0.05) is 23.8 Å². The zero-order valence-corrected chi connectivity index (χ0v) is 15.4. The van der Waals surface area contributed by atoms with Crippen LogP contribution >= 0.6 is 0 Å². The lowest BCUT2D eigenvalue weighted by atomic mass is 9.49. The van der Waals surface area contributed by atoms with Crippen molar-refractivity contribution >= 4 is 11.7 Å². The van der Waals surface area contributed by atoms with Gasteiger partial charge in [0.2, 0.25) is 0 Å². The number of likely N-dealkylation sites (N-methyl/N-ethyl adjacent to an activating group) is 1. The Bertz CT molecular complexity index is 772. The Morgan fingerprint density at radius 3 is 2.81 bits per heavy atom. The molecular weight excluding hydrogens is 330 g/mol. The fourth-order valence-electron chi connectivity index (χ4n) is 7.58. The van der Waals surface area contributed by atoms with Crippen LogP contribution in [0.1, 0.15) is 39.0 Å². The molecular formula is C21H27NO4. The van der Waals surface area contributed by atoms with Crippen molar-refractivity contribution in [1.29, 1.82) is 0 Å². The zero-order chi connectivity index (χ0) is 18.5. The topological polar surface area (TPSA) is 86.6 Å². The number of fused-ring (bicyclic) bond motifs is 4. The molecule has 5 rings (SSSR count). The summed E-state index contributed by atoms with van der Waals surface area (Å²) in [6.07, 6.45) is 8.69. The first-order chi connectivity index (χ1) is 12.3. The van der Waals surface area contributed by atoms with E-state index in [4.69, 9.17) is 0 Å². The molecule has 140 valence electrons. The lowest BCUT2D eigenvalue weighted by Crippen LogP contribution is -2.59. The number of rotatable bonds is 1. The van der Waals surface area contributed by atoms with Gasteiger partial charge in [-0.05, 0) is 62.0 Å². The van der Waals surface area contributed by atoms with Crippen LogP contribution in [0.3, 0.4) is 0 Å². The van der Waals surface area contributed by atoms with Crippen molar-refractivity contribution in [3.05, 3.63) is 23.8 Å². The predicted octanol–water partition coefficient (Wildman–Crippen LogP) is 1.35. The average molecular weight is 357 g/mol. The molecule has 0 aromatic rings. The summed E-state index contributed by atoms with van der Waals surface area (Å²) >= 11 is 0. The van der Waals surface area contributed by atoms with Crippen LogP contribution in [-0.4, -0.2) is 40.7 Å². The minimum atomic E-state index is -1.35. The van der Waals surface area contributed by atoms with E-state index >= 15 is 0 Å². The molecule has 8 atom stereocenters. The minimum absolute atomic E-state index is 0.0271. The van der Waals surface area contributed by atoms with Gasteiger partial charge in [-0.25, -0.2) is 0 Å². The molecule has 0 radical (unpaired) electrons. The number of hydrogen-bond acceptors (Lipinski definition) is 4. The lowest BCUT2D eigenvalue weighted by Gasteiger charge is -2.55. The van der Waals surface area contributed by atoms with Crippen molar-refractivity contribution in [2.45, 2.75) is 50.7 Å². The molecule has 1 spiro atoms. The average Bonchev–Trinajstić information content (AvgIpc) is 3.31. The van der Waals surface area contributed by atoms with E-state index in [0.717, 1.165) is 31.3 Å². The monoisotopic (exact) mass is 357 g/mol.